The van der Waals surface area contributed by atoms with Gasteiger partial charge in [0.2, 0.25) is 6.79 Å². The zero-order valence-electron chi connectivity index (χ0n) is 20.6. The van der Waals surface area contributed by atoms with E-state index in [1.165, 1.54) is 18.4 Å². The Bertz CT molecular complexity index is 1050. The molecule has 2 aromatic rings. The molecule has 5 rings (SSSR count). The lowest BCUT2D eigenvalue weighted by Crippen LogP contribution is -2.45. The lowest BCUT2D eigenvalue weighted by molar-refractivity contribution is 0.0660. The van der Waals surface area contributed by atoms with Crippen LogP contribution in [-0.2, 0) is 12.8 Å². The first-order chi connectivity index (χ1) is 16.6. The van der Waals surface area contributed by atoms with Crippen LogP contribution in [-0.4, -0.2) is 69.4 Å². The van der Waals surface area contributed by atoms with Crippen LogP contribution in [0.1, 0.15) is 40.7 Å². The van der Waals surface area contributed by atoms with Crippen LogP contribution in [0, 0.1) is 5.92 Å². The Kier molecular flexibility index (Phi) is 8.29. The van der Waals surface area contributed by atoms with Gasteiger partial charge < -0.3 is 28.7 Å². The summed E-state index contributed by atoms with van der Waals surface area (Å²) in [5.74, 6) is 3.63. The predicted molar refractivity (Wildman–Crippen MR) is 136 cm³/mol. The van der Waals surface area contributed by atoms with Gasteiger partial charge in [-0.1, -0.05) is 6.07 Å². The normalized spacial score (nSPS) is 19.2. The number of fused-ring (bicyclic) bond motifs is 2. The molecular formula is C27H35ClN2O5. The number of carbonyl (C=O) groups excluding carboxylic acids is 1. The van der Waals surface area contributed by atoms with E-state index >= 15 is 0 Å². The number of benzene rings is 2. The van der Waals surface area contributed by atoms with E-state index in [9.17, 15) is 4.79 Å². The molecule has 2 aromatic carbocycles. The highest BCUT2D eigenvalue weighted by molar-refractivity contribution is 5.97. The summed E-state index contributed by atoms with van der Waals surface area (Å²) in [5, 5.41) is 0. The van der Waals surface area contributed by atoms with Crippen molar-refractivity contribution in [2.75, 3.05) is 53.7 Å². The highest BCUT2D eigenvalue weighted by Crippen LogP contribution is 2.34. The van der Waals surface area contributed by atoms with Gasteiger partial charge in [-0.05, 0) is 86.5 Å². The van der Waals surface area contributed by atoms with Crippen molar-refractivity contribution in [3.05, 3.63) is 47.0 Å². The van der Waals surface area contributed by atoms with Crippen molar-refractivity contribution in [2.45, 2.75) is 32.1 Å². The summed E-state index contributed by atoms with van der Waals surface area (Å²) >= 11 is 0. The first-order valence-corrected chi connectivity index (χ1v) is 12.3. The van der Waals surface area contributed by atoms with Gasteiger partial charge in [-0.2, -0.15) is 0 Å². The Labute approximate surface area is 213 Å². The fraction of sp³-hybridized carbons (Fsp3) is 0.519. The largest absolute Gasteiger partial charge is 0.493 e. The van der Waals surface area contributed by atoms with Crippen molar-refractivity contribution in [2.24, 2.45) is 5.92 Å². The first kappa shape index (κ1) is 25.5. The van der Waals surface area contributed by atoms with Crippen LogP contribution in [0.2, 0.25) is 0 Å². The summed E-state index contributed by atoms with van der Waals surface area (Å²) in [4.78, 5) is 17.8. The monoisotopic (exact) mass is 502 g/mol. The molecule has 3 aliphatic heterocycles. The van der Waals surface area contributed by atoms with Gasteiger partial charge in [-0.3, -0.25) is 4.79 Å². The smallest absolute Gasteiger partial charge is 0.254 e. The molecule has 35 heavy (non-hydrogen) atoms. The van der Waals surface area contributed by atoms with Crippen molar-refractivity contribution < 1.29 is 23.7 Å². The van der Waals surface area contributed by atoms with Gasteiger partial charge in [0.25, 0.3) is 5.91 Å². The Morgan fingerprint density at radius 3 is 2.66 bits per heavy atom. The molecule has 0 N–H and O–H groups in total. The first-order valence-electron chi connectivity index (χ1n) is 12.3. The third-order valence-electron chi connectivity index (χ3n) is 7.24. The quantitative estimate of drug-likeness (QED) is 0.539. The number of methoxy groups -OCH3 is 2. The van der Waals surface area contributed by atoms with Crippen LogP contribution in [0.4, 0.5) is 0 Å². The molecule has 1 saturated heterocycles. The maximum absolute atomic E-state index is 13.2. The summed E-state index contributed by atoms with van der Waals surface area (Å²) in [6, 6.07) is 10.0. The molecule has 3 aliphatic rings. The number of nitrogens with zero attached hydrogens (tertiary/aromatic N) is 2. The Morgan fingerprint density at radius 1 is 1.03 bits per heavy atom. The van der Waals surface area contributed by atoms with Crippen molar-refractivity contribution in [3.63, 3.8) is 0 Å². The third-order valence-corrected chi connectivity index (χ3v) is 7.24. The van der Waals surface area contributed by atoms with Crippen molar-refractivity contribution >= 4 is 18.3 Å². The number of ether oxygens (including phenoxy) is 4. The molecule has 1 amide bonds. The fourth-order valence-corrected chi connectivity index (χ4v) is 5.45. The summed E-state index contributed by atoms with van der Waals surface area (Å²) < 4.78 is 21.7. The second kappa shape index (κ2) is 11.4. The number of carbonyl (C=O) groups is 1. The molecule has 0 aliphatic carbocycles. The van der Waals surface area contributed by atoms with E-state index in [4.69, 9.17) is 18.9 Å². The fourth-order valence-electron chi connectivity index (χ4n) is 5.45. The van der Waals surface area contributed by atoms with Crippen LogP contribution < -0.4 is 18.9 Å². The molecule has 1 fully saturated rings. The maximum Gasteiger partial charge on any atom is 0.254 e. The summed E-state index contributed by atoms with van der Waals surface area (Å²) in [6.45, 7) is 5.20. The Balaban J connectivity index is 0.00000289. The molecule has 0 saturated carbocycles. The molecule has 8 heteroatoms. The molecule has 0 spiro atoms. The molecular weight excluding hydrogens is 468 g/mol. The van der Waals surface area contributed by atoms with Crippen LogP contribution in [0.25, 0.3) is 0 Å². The van der Waals surface area contributed by atoms with Crippen molar-refractivity contribution in [3.8, 4) is 23.0 Å². The Morgan fingerprint density at radius 2 is 1.83 bits per heavy atom. The van der Waals surface area contributed by atoms with E-state index in [2.05, 4.69) is 17.0 Å². The van der Waals surface area contributed by atoms with E-state index in [1.807, 2.05) is 23.1 Å². The van der Waals surface area contributed by atoms with Crippen LogP contribution in [0.5, 0.6) is 23.0 Å². The molecule has 7 nitrogen and oxygen atoms in total. The summed E-state index contributed by atoms with van der Waals surface area (Å²) in [7, 11) is 3.24. The van der Waals surface area contributed by atoms with Gasteiger partial charge in [0, 0.05) is 25.2 Å². The van der Waals surface area contributed by atoms with Gasteiger partial charge in [0.1, 0.15) is 0 Å². The van der Waals surface area contributed by atoms with Gasteiger partial charge in [0.15, 0.2) is 23.0 Å². The van der Waals surface area contributed by atoms with Crippen molar-refractivity contribution in [1.29, 1.82) is 0 Å². The topological polar surface area (TPSA) is 60.5 Å². The predicted octanol–water partition coefficient (Wildman–Crippen LogP) is 4.20. The van der Waals surface area contributed by atoms with Crippen LogP contribution >= 0.6 is 12.4 Å². The van der Waals surface area contributed by atoms with E-state index < -0.39 is 0 Å². The minimum absolute atomic E-state index is 0. The molecule has 0 aromatic heterocycles. The zero-order valence-corrected chi connectivity index (χ0v) is 21.4. The highest BCUT2D eigenvalue weighted by atomic mass is 35.5. The number of hydrogen-bond acceptors (Lipinski definition) is 6. The van der Waals surface area contributed by atoms with E-state index in [-0.39, 0.29) is 18.3 Å². The van der Waals surface area contributed by atoms with Crippen LogP contribution in [0.15, 0.2) is 30.3 Å². The summed E-state index contributed by atoms with van der Waals surface area (Å²) in [6.07, 6.45) is 5.38. The number of halogens is 1. The van der Waals surface area contributed by atoms with Crippen LogP contribution in [0.3, 0.4) is 0 Å². The average molecular weight is 503 g/mol. The molecule has 1 unspecified atom stereocenters. The SMILES string of the molecule is COc1cc2c(cc1OC)C(=O)N(CC1CCCN(CCCc3ccc4c(c3)OCO4)C1)CC2.Cl. The molecule has 0 bridgehead atoms. The number of piperidine rings is 1. The maximum atomic E-state index is 13.2. The number of amides is 1. The van der Waals surface area contributed by atoms with E-state index in [1.54, 1.807) is 14.2 Å². The molecule has 3 heterocycles. The lowest BCUT2D eigenvalue weighted by atomic mass is 9.93. The Hall–Kier alpha value is -2.64. The summed E-state index contributed by atoms with van der Waals surface area (Å²) in [5.41, 5.74) is 3.09. The average Bonchev–Trinajstić information content (AvgIpc) is 3.33. The van der Waals surface area contributed by atoms with E-state index in [0.717, 1.165) is 74.6 Å². The van der Waals surface area contributed by atoms with Gasteiger partial charge in [0.05, 0.1) is 14.2 Å². The molecule has 1 atom stereocenters. The number of likely N-dealkylation sites (tertiary alicyclic amines) is 1. The third kappa shape index (κ3) is 5.62. The number of hydrogen-bond donors (Lipinski definition) is 0. The second-order valence-corrected chi connectivity index (χ2v) is 9.47. The highest BCUT2D eigenvalue weighted by Gasteiger charge is 2.30. The van der Waals surface area contributed by atoms with Gasteiger partial charge in [-0.15, -0.1) is 12.4 Å². The zero-order chi connectivity index (χ0) is 23.5. The number of rotatable bonds is 8. The standard InChI is InChI=1S/C27H34N2O5.ClH/c1-31-24-14-21-9-12-29(27(30)22(21)15-25(24)32-2)17-20-6-4-11-28(16-20)10-3-5-19-7-8-23-26(13-19)34-18-33-23;/h7-8,13-15,20H,3-6,9-12,16-18H2,1-2H3;1H. The van der Waals surface area contributed by atoms with Gasteiger partial charge >= 0.3 is 0 Å². The second-order valence-electron chi connectivity index (χ2n) is 9.47. The van der Waals surface area contributed by atoms with E-state index in [0.29, 0.717) is 24.2 Å². The minimum atomic E-state index is 0. The lowest BCUT2D eigenvalue weighted by Gasteiger charge is -2.37. The van der Waals surface area contributed by atoms with Crippen molar-refractivity contribution in [1.82, 2.24) is 9.80 Å². The van der Waals surface area contributed by atoms with Gasteiger partial charge in [-0.25, -0.2) is 0 Å². The number of aryl methyl sites for hydroxylation is 1. The minimum Gasteiger partial charge on any atom is -0.493 e. The molecule has 0 radical (unpaired) electrons. The molecule has 190 valence electrons.